The van der Waals surface area contributed by atoms with Gasteiger partial charge in [0.15, 0.2) is 0 Å². The van der Waals surface area contributed by atoms with Crippen LogP contribution in [0.1, 0.15) is 22.5 Å². The van der Waals surface area contributed by atoms with E-state index in [-0.39, 0.29) is 0 Å². The van der Waals surface area contributed by atoms with E-state index in [9.17, 15) is 0 Å². The van der Waals surface area contributed by atoms with Crippen LogP contribution in [0.3, 0.4) is 0 Å². The van der Waals surface area contributed by atoms with Crippen LogP contribution in [-0.2, 0) is 0 Å². The van der Waals surface area contributed by atoms with Gasteiger partial charge in [-0.25, -0.2) is 0 Å². The lowest BCUT2D eigenvalue weighted by Crippen LogP contribution is -2.02. The fraction of sp³-hybridized carbons (Fsp3) is 0.400. The number of rotatable bonds is 0. The minimum absolute atomic E-state index is 0.734. The van der Waals surface area contributed by atoms with E-state index >= 15 is 0 Å². The van der Waals surface area contributed by atoms with Crippen LogP contribution in [0.2, 0.25) is 0 Å². The molecule has 0 amide bonds. The quantitative estimate of drug-likeness (QED) is 0.685. The maximum atomic E-state index is 5.93. The van der Waals surface area contributed by atoms with Gasteiger partial charge in [0.05, 0.1) is 17.1 Å². The molecule has 74 valence electrons. The van der Waals surface area contributed by atoms with Crippen LogP contribution in [0, 0.1) is 27.7 Å². The third-order valence-electron chi connectivity index (χ3n) is 2.79. The number of nitrogens with two attached hydrogens (primary N) is 1. The zero-order chi connectivity index (χ0) is 10.5. The fourth-order valence-electron chi connectivity index (χ4n) is 1.62. The van der Waals surface area contributed by atoms with Crippen LogP contribution in [0.15, 0.2) is 0 Å². The Morgan fingerprint density at radius 1 is 0.929 bits per heavy atom. The monoisotopic (exact) mass is 190 g/mol. The van der Waals surface area contributed by atoms with E-state index in [1.54, 1.807) is 4.63 Å². The topological polar surface area (TPSA) is 56.2 Å². The first-order valence-electron chi connectivity index (χ1n) is 4.61. The van der Waals surface area contributed by atoms with Crippen LogP contribution in [-0.4, -0.2) is 14.8 Å². The minimum Gasteiger partial charge on any atom is -0.395 e. The summed E-state index contributed by atoms with van der Waals surface area (Å²) in [7, 11) is 0. The Hall–Kier alpha value is -1.58. The molecule has 0 bridgehead atoms. The van der Waals surface area contributed by atoms with Crippen LogP contribution in [0.5, 0.6) is 0 Å². The van der Waals surface area contributed by atoms with Crippen LogP contribution >= 0.6 is 0 Å². The maximum Gasteiger partial charge on any atom is 0.114 e. The van der Waals surface area contributed by atoms with Crippen molar-refractivity contribution in [1.29, 1.82) is 0 Å². The van der Waals surface area contributed by atoms with E-state index in [2.05, 4.69) is 24.0 Å². The van der Waals surface area contributed by atoms with Crippen LogP contribution < -0.4 is 5.73 Å². The molecular weight excluding hydrogens is 176 g/mol. The standard InChI is InChI=1S/C10H14N4/c1-5-6(2)10-9(11)8(4)13-14(10)12-7(5)3/h11H2,1-4H3. The summed E-state index contributed by atoms with van der Waals surface area (Å²) in [6.07, 6.45) is 0. The number of nitrogen functional groups attached to an aromatic ring is 1. The molecule has 4 heteroatoms. The Morgan fingerprint density at radius 2 is 1.50 bits per heavy atom. The lowest BCUT2D eigenvalue weighted by molar-refractivity contribution is 0.761. The van der Waals surface area contributed by atoms with Gasteiger partial charge in [-0.15, -0.1) is 4.63 Å². The second-order valence-electron chi connectivity index (χ2n) is 3.67. The Kier molecular flexibility index (Phi) is 1.74. The van der Waals surface area contributed by atoms with Crippen molar-refractivity contribution in [2.45, 2.75) is 27.7 Å². The molecule has 0 aromatic carbocycles. The zero-order valence-electron chi connectivity index (χ0n) is 8.92. The second-order valence-corrected chi connectivity index (χ2v) is 3.67. The molecule has 0 radical (unpaired) electrons. The van der Waals surface area contributed by atoms with Crippen LogP contribution in [0.25, 0.3) is 5.52 Å². The van der Waals surface area contributed by atoms with Gasteiger partial charge in [0, 0.05) is 0 Å². The molecule has 0 saturated heterocycles. The normalized spacial score (nSPS) is 11.1. The molecule has 2 rings (SSSR count). The van der Waals surface area contributed by atoms with E-state index in [4.69, 9.17) is 5.73 Å². The largest absolute Gasteiger partial charge is 0.395 e. The van der Waals surface area contributed by atoms with Gasteiger partial charge in [-0.05, 0) is 38.8 Å². The summed E-state index contributed by atoms with van der Waals surface area (Å²) < 4.78 is 1.63. The molecule has 2 aromatic heterocycles. The Balaban J connectivity index is 2.99. The molecule has 4 nitrogen and oxygen atoms in total. The number of aromatic nitrogens is 3. The SMILES string of the molecule is Cc1nn2nc(C)c(N)c2c(C)c1C. The summed E-state index contributed by atoms with van der Waals surface area (Å²) in [5.74, 6) is 0. The van der Waals surface area contributed by atoms with Crippen molar-refractivity contribution in [3.63, 3.8) is 0 Å². The Labute approximate surface area is 82.7 Å². The summed E-state index contributed by atoms with van der Waals surface area (Å²) in [6, 6.07) is 0. The highest BCUT2D eigenvalue weighted by Crippen LogP contribution is 2.23. The molecule has 0 aliphatic rings. The van der Waals surface area contributed by atoms with E-state index in [0.717, 1.165) is 28.2 Å². The lowest BCUT2D eigenvalue weighted by atomic mass is 10.1. The van der Waals surface area contributed by atoms with Crippen molar-refractivity contribution in [2.24, 2.45) is 0 Å². The van der Waals surface area contributed by atoms with Gasteiger partial charge < -0.3 is 5.73 Å². The summed E-state index contributed by atoms with van der Waals surface area (Å²) in [5, 5.41) is 8.60. The highest BCUT2D eigenvalue weighted by atomic mass is 15.4. The first-order valence-corrected chi connectivity index (χ1v) is 4.61. The van der Waals surface area contributed by atoms with Gasteiger partial charge in [-0.3, -0.25) is 0 Å². The lowest BCUT2D eigenvalue weighted by Gasteiger charge is -2.05. The summed E-state index contributed by atoms with van der Waals surface area (Å²) in [4.78, 5) is 0. The van der Waals surface area contributed by atoms with E-state index in [1.807, 2.05) is 13.8 Å². The van der Waals surface area contributed by atoms with E-state index in [1.165, 1.54) is 5.56 Å². The fourth-order valence-corrected chi connectivity index (χ4v) is 1.62. The number of hydrogen-bond acceptors (Lipinski definition) is 3. The molecule has 0 unspecified atom stereocenters. The molecule has 0 fully saturated rings. The molecule has 0 atom stereocenters. The average molecular weight is 190 g/mol. The number of hydrogen-bond donors (Lipinski definition) is 1. The molecule has 0 saturated carbocycles. The summed E-state index contributed by atoms with van der Waals surface area (Å²) in [5.41, 5.74) is 11.8. The molecule has 2 N–H and O–H groups in total. The third kappa shape index (κ3) is 0.999. The smallest absolute Gasteiger partial charge is 0.114 e. The zero-order valence-corrected chi connectivity index (χ0v) is 8.92. The molecule has 14 heavy (non-hydrogen) atoms. The van der Waals surface area contributed by atoms with Crippen molar-refractivity contribution >= 4 is 11.2 Å². The molecule has 0 spiro atoms. The van der Waals surface area contributed by atoms with Crippen molar-refractivity contribution < 1.29 is 0 Å². The van der Waals surface area contributed by atoms with Gasteiger partial charge in [0.2, 0.25) is 0 Å². The predicted octanol–water partition coefficient (Wildman–Crippen LogP) is 1.55. The Morgan fingerprint density at radius 3 is 2.14 bits per heavy atom. The van der Waals surface area contributed by atoms with Crippen molar-refractivity contribution in [3.8, 4) is 0 Å². The first kappa shape index (κ1) is 8.99. The van der Waals surface area contributed by atoms with Gasteiger partial charge in [0.25, 0.3) is 0 Å². The van der Waals surface area contributed by atoms with Gasteiger partial charge in [0.1, 0.15) is 5.52 Å². The van der Waals surface area contributed by atoms with E-state index in [0.29, 0.717) is 0 Å². The molecule has 0 aliphatic heterocycles. The molecular formula is C10H14N4. The van der Waals surface area contributed by atoms with E-state index < -0.39 is 0 Å². The molecule has 2 heterocycles. The maximum absolute atomic E-state index is 5.93. The predicted molar refractivity (Wildman–Crippen MR) is 56.3 cm³/mol. The highest BCUT2D eigenvalue weighted by Gasteiger charge is 2.12. The third-order valence-corrected chi connectivity index (χ3v) is 2.79. The first-order chi connectivity index (χ1) is 6.52. The molecule has 2 aromatic rings. The number of nitrogens with zero attached hydrogens (tertiary/aromatic N) is 3. The van der Waals surface area contributed by atoms with Gasteiger partial charge in [-0.2, -0.15) is 10.2 Å². The minimum atomic E-state index is 0.734. The van der Waals surface area contributed by atoms with Crippen molar-refractivity contribution in [3.05, 3.63) is 22.5 Å². The second kappa shape index (κ2) is 2.70. The number of aryl methyl sites for hydroxylation is 3. The Bertz CT molecular complexity index is 511. The molecule has 0 aliphatic carbocycles. The van der Waals surface area contributed by atoms with Gasteiger partial charge >= 0.3 is 0 Å². The summed E-state index contributed by atoms with van der Waals surface area (Å²) >= 11 is 0. The summed E-state index contributed by atoms with van der Waals surface area (Å²) in [6.45, 7) is 7.99. The van der Waals surface area contributed by atoms with Crippen molar-refractivity contribution in [1.82, 2.24) is 14.8 Å². The van der Waals surface area contributed by atoms with Gasteiger partial charge in [-0.1, -0.05) is 0 Å². The van der Waals surface area contributed by atoms with Crippen molar-refractivity contribution in [2.75, 3.05) is 5.73 Å². The average Bonchev–Trinajstić information content (AvgIpc) is 2.39. The number of fused-ring (bicyclic) bond motifs is 1. The number of anilines is 1. The highest BCUT2D eigenvalue weighted by molar-refractivity contribution is 5.76. The van der Waals surface area contributed by atoms with Crippen LogP contribution in [0.4, 0.5) is 5.69 Å².